The smallest absolute Gasteiger partial charge is 0.238 e. The third kappa shape index (κ3) is 2.25. The van der Waals surface area contributed by atoms with Gasteiger partial charge in [-0.05, 0) is 23.4 Å². The third-order valence-corrected chi connectivity index (χ3v) is 7.78. The summed E-state index contributed by atoms with van der Waals surface area (Å²) in [7, 11) is -3.03. The van der Waals surface area contributed by atoms with E-state index in [1.807, 2.05) is 13.1 Å². The Kier molecular flexibility index (Phi) is 2.84. The number of primary sulfonamides is 1. The van der Waals surface area contributed by atoms with Gasteiger partial charge >= 0.3 is 0 Å². The lowest BCUT2D eigenvalue weighted by atomic mass is 10.3. The predicted octanol–water partition coefficient (Wildman–Crippen LogP) is 0.699. The Labute approximate surface area is 103 Å². The molecule has 0 saturated heterocycles. The van der Waals surface area contributed by atoms with E-state index in [1.54, 1.807) is 12.1 Å². The fraction of sp³-hybridized carbons (Fsp3) is 0.455. The lowest BCUT2D eigenvalue weighted by molar-refractivity contribution is 0.598. The number of benzene rings is 1. The van der Waals surface area contributed by atoms with E-state index in [4.69, 9.17) is 5.14 Å². The highest BCUT2D eigenvalue weighted by Crippen LogP contribution is 2.26. The molecule has 0 amide bonds. The van der Waals surface area contributed by atoms with E-state index < -0.39 is 18.1 Å². The van der Waals surface area contributed by atoms with Crippen LogP contribution < -0.4 is 15.2 Å². The van der Waals surface area contributed by atoms with E-state index in [0.29, 0.717) is 0 Å². The molecule has 2 N–H and O–H groups in total. The van der Waals surface area contributed by atoms with Crippen molar-refractivity contribution in [1.82, 2.24) is 0 Å². The highest BCUT2D eigenvalue weighted by Gasteiger charge is 2.32. The Morgan fingerprint density at radius 2 is 2.00 bits per heavy atom. The van der Waals surface area contributed by atoms with Crippen LogP contribution in [0.2, 0.25) is 19.1 Å². The molecule has 1 aromatic rings. The molecule has 1 aliphatic rings. The van der Waals surface area contributed by atoms with E-state index >= 15 is 0 Å². The van der Waals surface area contributed by atoms with Gasteiger partial charge in [0.25, 0.3) is 0 Å². The maximum atomic E-state index is 11.4. The van der Waals surface area contributed by atoms with Crippen LogP contribution in [-0.4, -0.2) is 30.1 Å². The molecule has 6 heteroatoms. The maximum Gasteiger partial charge on any atom is 0.238 e. The van der Waals surface area contributed by atoms with Crippen molar-refractivity contribution in [3.05, 3.63) is 18.2 Å². The summed E-state index contributed by atoms with van der Waals surface area (Å²) in [5.74, 6) is 0. The molecule has 0 aromatic heterocycles. The summed E-state index contributed by atoms with van der Waals surface area (Å²) in [4.78, 5) is 2.32. The Bertz CT molecular complexity index is 555. The second kappa shape index (κ2) is 3.83. The van der Waals surface area contributed by atoms with Gasteiger partial charge in [-0.3, -0.25) is 0 Å². The summed E-state index contributed by atoms with van der Waals surface area (Å²) in [6.07, 6.45) is 0. The standard InChI is InChI=1S/C11H18N2O2SSi/c1-13-6-7-17(2,3)11-5-4-9(8-10(11)13)16(12,14)15/h4-5,8H,6-7H2,1-3H3,(H2,12,14,15). The van der Waals surface area contributed by atoms with E-state index in [1.165, 1.54) is 11.2 Å². The van der Waals surface area contributed by atoms with Gasteiger partial charge < -0.3 is 4.90 Å². The monoisotopic (exact) mass is 270 g/mol. The van der Waals surface area contributed by atoms with Gasteiger partial charge in [0.05, 0.1) is 13.0 Å². The van der Waals surface area contributed by atoms with E-state index in [9.17, 15) is 8.42 Å². The van der Waals surface area contributed by atoms with E-state index in [0.717, 1.165) is 12.2 Å². The number of hydrogen-bond acceptors (Lipinski definition) is 3. The molecule has 0 saturated carbocycles. The SMILES string of the molecule is CN1CC[Si](C)(C)c2ccc(S(N)(=O)=O)cc21. The fourth-order valence-corrected chi connectivity index (χ4v) is 5.47. The summed E-state index contributed by atoms with van der Waals surface area (Å²) < 4.78 is 22.7. The molecular formula is C11H18N2O2SSi. The number of nitrogens with zero attached hydrogens (tertiary/aromatic N) is 1. The largest absolute Gasteiger partial charge is 0.375 e. The maximum absolute atomic E-state index is 11.4. The van der Waals surface area contributed by atoms with Gasteiger partial charge in [0.15, 0.2) is 0 Å². The second-order valence-corrected chi connectivity index (χ2v) is 11.6. The zero-order chi connectivity index (χ0) is 12.8. The zero-order valence-electron chi connectivity index (χ0n) is 10.4. The topological polar surface area (TPSA) is 63.4 Å². The molecule has 1 aromatic carbocycles. The van der Waals surface area contributed by atoms with Crippen molar-refractivity contribution >= 4 is 29.0 Å². The summed E-state index contributed by atoms with van der Waals surface area (Å²) in [5, 5.41) is 6.49. The van der Waals surface area contributed by atoms with Gasteiger partial charge in [0, 0.05) is 19.3 Å². The van der Waals surface area contributed by atoms with Crippen LogP contribution in [0.3, 0.4) is 0 Å². The Morgan fingerprint density at radius 3 is 2.59 bits per heavy atom. The molecule has 0 unspecified atom stereocenters. The normalized spacial score (nSPS) is 18.9. The summed E-state index contributed by atoms with van der Waals surface area (Å²) in [5.41, 5.74) is 1.03. The van der Waals surface area contributed by atoms with Crippen LogP contribution in [0.4, 0.5) is 5.69 Å². The van der Waals surface area contributed by atoms with Crippen LogP contribution in [0.15, 0.2) is 23.1 Å². The van der Waals surface area contributed by atoms with Crippen molar-refractivity contribution in [1.29, 1.82) is 0 Å². The minimum atomic E-state index is -3.61. The minimum absolute atomic E-state index is 0.204. The predicted molar refractivity (Wildman–Crippen MR) is 73.0 cm³/mol. The average molecular weight is 270 g/mol. The molecule has 1 aliphatic heterocycles. The van der Waals surface area contributed by atoms with Crippen LogP contribution in [0.1, 0.15) is 0 Å². The van der Waals surface area contributed by atoms with Crippen molar-refractivity contribution in [2.45, 2.75) is 24.0 Å². The Hall–Kier alpha value is -0.853. The first-order valence-corrected chi connectivity index (χ1v) is 10.4. The van der Waals surface area contributed by atoms with Crippen molar-refractivity contribution in [2.75, 3.05) is 18.5 Å². The molecule has 0 bridgehead atoms. The molecule has 17 heavy (non-hydrogen) atoms. The molecule has 1 heterocycles. The van der Waals surface area contributed by atoms with Gasteiger partial charge in [0.2, 0.25) is 10.0 Å². The van der Waals surface area contributed by atoms with Gasteiger partial charge in [-0.1, -0.05) is 19.2 Å². The summed E-state index contributed by atoms with van der Waals surface area (Å²) >= 11 is 0. The lowest BCUT2D eigenvalue weighted by Crippen LogP contribution is -2.50. The first kappa shape index (κ1) is 12.6. The van der Waals surface area contributed by atoms with Crippen LogP contribution >= 0.6 is 0 Å². The van der Waals surface area contributed by atoms with Crippen molar-refractivity contribution in [3.63, 3.8) is 0 Å². The number of fused-ring (bicyclic) bond motifs is 1. The minimum Gasteiger partial charge on any atom is -0.375 e. The van der Waals surface area contributed by atoms with Crippen molar-refractivity contribution in [2.24, 2.45) is 5.14 Å². The molecule has 4 nitrogen and oxygen atoms in total. The first-order chi connectivity index (χ1) is 7.72. The fourth-order valence-electron chi connectivity index (χ4n) is 2.28. The van der Waals surface area contributed by atoms with Crippen molar-refractivity contribution < 1.29 is 8.42 Å². The number of rotatable bonds is 1. The van der Waals surface area contributed by atoms with Crippen molar-refractivity contribution in [3.8, 4) is 0 Å². The molecule has 94 valence electrons. The number of anilines is 1. The van der Waals surface area contributed by atoms with Gasteiger partial charge in [-0.2, -0.15) is 0 Å². The third-order valence-electron chi connectivity index (χ3n) is 3.51. The number of hydrogen-bond donors (Lipinski definition) is 1. The zero-order valence-corrected chi connectivity index (χ0v) is 12.2. The molecular weight excluding hydrogens is 252 g/mol. The highest BCUT2D eigenvalue weighted by atomic mass is 32.2. The van der Waals surface area contributed by atoms with Crippen LogP contribution in [0.25, 0.3) is 0 Å². The van der Waals surface area contributed by atoms with Crippen LogP contribution in [0, 0.1) is 0 Å². The summed E-state index contributed by atoms with van der Waals surface area (Å²) in [6.45, 7) is 5.62. The van der Waals surface area contributed by atoms with Gasteiger partial charge in [-0.25, -0.2) is 13.6 Å². The second-order valence-electron chi connectivity index (χ2n) is 5.28. The molecule has 0 spiro atoms. The van der Waals surface area contributed by atoms with Crippen LogP contribution in [-0.2, 0) is 10.0 Å². The molecule has 2 rings (SSSR count). The van der Waals surface area contributed by atoms with Crippen LogP contribution in [0.5, 0.6) is 0 Å². The Morgan fingerprint density at radius 1 is 1.35 bits per heavy atom. The van der Waals surface area contributed by atoms with Gasteiger partial charge in [0.1, 0.15) is 0 Å². The average Bonchev–Trinajstić information content (AvgIpc) is 2.22. The van der Waals surface area contributed by atoms with E-state index in [2.05, 4.69) is 18.0 Å². The quantitative estimate of drug-likeness (QED) is 0.764. The van der Waals surface area contributed by atoms with E-state index in [-0.39, 0.29) is 4.90 Å². The van der Waals surface area contributed by atoms with Gasteiger partial charge in [-0.15, -0.1) is 0 Å². The highest BCUT2D eigenvalue weighted by molar-refractivity contribution is 7.89. The molecule has 0 fully saturated rings. The number of sulfonamides is 1. The number of nitrogens with two attached hydrogens (primary N) is 1. The first-order valence-electron chi connectivity index (χ1n) is 5.60. The lowest BCUT2D eigenvalue weighted by Gasteiger charge is -2.37. The molecule has 0 radical (unpaired) electrons. The molecule has 0 aliphatic carbocycles. The summed E-state index contributed by atoms with van der Waals surface area (Å²) in [6, 6.07) is 6.48. The Balaban J connectivity index is 2.62. The molecule has 0 atom stereocenters.